The van der Waals surface area contributed by atoms with Gasteiger partial charge in [-0.1, -0.05) is 0 Å². The van der Waals surface area contributed by atoms with Gasteiger partial charge in [-0.2, -0.15) is 4.90 Å². The third-order valence-corrected chi connectivity index (χ3v) is 7.27. The molecule has 16 nitrogen and oxygen atoms in total. The molecule has 0 aliphatic rings. The average molecular weight is 613 g/mol. The van der Waals surface area contributed by atoms with Crippen LogP contribution in [-0.2, 0) is 29.1 Å². The molecular formula is C23H28N6O10S2. The number of nitrogens with two attached hydrogens (primary N) is 1. The zero-order chi connectivity index (χ0) is 31.1. The molecule has 1 atom stereocenters. The van der Waals surface area contributed by atoms with E-state index in [9.17, 15) is 37.7 Å². The highest BCUT2D eigenvalue weighted by Crippen LogP contribution is 2.26. The van der Waals surface area contributed by atoms with Crippen molar-refractivity contribution >= 4 is 62.6 Å². The number of ether oxygens (including phenoxy) is 2. The van der Waals surface area contributed by atoms with Crippen LogP contribution in [0.15, 0.2) is 40.6 Å². The van der Waals surface area contributed by atoms with Gasteiger partial charge in [0.2, 0.25) is 11.9 Å². The number of rotatable bonds is 10. The quantitative estimate of drug-likeness (QED) is 0.0996. The molecule has 5 N–H and O–H groups in total. The van der Waals surface area contributed by atoms with Crippen molar-refractivity contribution < 1.29 is 42.0 Å². The maximum Gasteiger partial charge on any atom is 0.424 e. The molecular weight excluding hydrogens is 584 g/mol. The summed E-state index contributed by atoms with van der Waals surface area (Å²) in [6.07, 6.45) is -2.11. The number of amides is 3. The van der Waals surface area contributed by atoms with Crippen LogP contribution in [0.3, 0.4) is 0 Å². The average Bonchev–Trinajstić information content (AvgIpc) is 3.32. The SMILES string of the molecule is COC(=O)[C@H](CCC(=O)N(C(=N)N)C(=O)OC(C)(C)C)NC(=O)c1sccc1NS(=O)(=O)c1ccc([N+](=O)[O-])cc1. The van der Waals surface area contributed by atoms with E-state index >= 15 is 0 Å². The summed E-state index contributed by atoms with van der Waals surface area (Å²) in [5.41, 5.74) is 3.92. The fourth-order valence-electron chi connectivity index (χ4n) is 3.15. The van der Waals surface area contributed by atoms with Crippen LogP contribution < -0.4 is 15.8 Å². The number of nitro benzene ring substituents is 1. The summed E-state index contributed by atoms with van der Waals surface area (Å²) < 4.78 is 37.5. The van der Waals surface area contributed by atoms with Crippen LogP contribution in [0.5, 0.6) is 0 Å². The van der Waals surface area contributed by atoms with Crippen molar-refractivity contribution in [1.82, 2.24) is 10.2 Å². The van der Waals surface area contributed by atoms with Gasteiger partial charge in [-0.15, -0.1) is 11.3 Å². The Hall–Kier alpha value is -4.58. The molecule has 2 aromatic rings. The molecule has 0 radical (unpaired) electrons. The van der Waals surface area contributed by atoms with Crippen LogP contribution in [0.1, 0.15) is 43.3 Å². The highest BCUT2D eigenvalue weighted by Gasteiger charge is 2.32. The van der Waals surface area contributed by atoms with Gasteiger partial charge in [0.25, 0.3) is 21.6 Å². The molecule has 0 aliphatic heterocycles. The Morgan fingerprint density at radius 2 is 1.78 bits per heavy atom. The van der Waals surface area contributed by atoms with Gasteiger partial charge in [-0.3, -0.25) is 29.8 Å². The second kappa shape index (κ2) is 13.2. The molecule has 0 saturated heterocycles. The number of esters is 1. The summed E-state index contributed by atoms with van der Waals surface area (Å²) in [6.45, 7) is 4.63. The van der Waals surface area contributed by atoms with Crippen LogP contribution in [0.25, 0.3) is 0 Å². The van der Waals surface area contributed by atoms with Crippen LogP contribution in [0.4, 0.5) is 16.2 Å². The van der Waals surface area contributed by atoms with E-state index in [1.54, 1.807) is 20.8 Å². The predicted molar refractivity (Wildman–Crippen MR) is 146 cm³/mol. The third-order valence-electron chi connectivity index (χ3n) is 4.98. The van der Waals surface area contributed by atoms with Crippen LogP contribution in [0, 0.1) is 15.5 Å². The largest absolute Gasteiger partial charge is 0.467 e. The van der Waals surface area contributed by atoms with Gasteiger partial charge in [0.1, 0.15) is 16.5 Å². The minimum absolute atomic E-state index is 0.141. The predicted octanol–water partition coefficient (Wildman–Crippen LogP) is 2.17. The van der Waals surface area contributed by atoms with E-state index in [1.807, 2.05) is 0 Å². The van der Waals surface area contributed by atoms with E-state index in [1.165, 1.54) is 11.4 Å². The summed E-state index contributed by atoms with van der Waals surface area (Å²) in [5.74, 6) is -3.73. The summed E-state index contributed by atoms with van der Waals surface area (Å²) in [6, 6.07) is 3.95. The number of nitrogens with zero attached hydrogens (tertiary/aromatic N) is 2. The maximum absolute atomic E-state index is 13.0. The number of carbonyl (C=O) groups is 4. The van der Waals surface area contributed by atoms with Crippen molar-refractivity contribution in [2.75, 3.05) is 11.8 Å². The van der Waals surface area contributed by atoms with E-state index in [4.69, 9.17) is 15.9 Å². The summed E-state index contributed by atoms with van der Waals surface area (Å²) in [5, 5.41) is 22.2. The molecule has 1 aromatic heterocycles. The minimum Gasteiger partial charge on any atom is -0.467 e. The van der Waals surface area contributed by atoms with Gasteiger partial charge in [-0.25, -0.2) is 18.0 Å². The van der Waals surface area contributed by atoms with E-state index in [0.717, 1.165) is 42.7 Å². The molecule has 0 saturated carbocycles. The number of thiophene rings is 1. The highest BCUT2D eigenvalue weighted by atomic mass is 32.2. The van der Waals surface area contributed by atoms with Crippen molar-refractivity contribution in [2.45, 2.75) is 50.2 Å². The van der Waals surface area contributed by atoms with Gasteiger partial charge in [-0.05, 0) is 50.8 Å². The van der Waals surface area contributed by atoms with E-state index < -0.39 is 62.8 Å². The molecule has 0 bridgehead atoms. The topological polar surface area (TPSA) is 241 Å². The molecule has 222 valence electrons. The van der Waals surface area contributed by atoms with Gasteiger partial charge in [0.05, 0.1) is 22.6 Å². The summed E-state index contributed by atoms with van der Waals surface area (Å²) in [7, 11) is -3.21. The number of hydrogen-bond donors (Lipinski definition) is 4. The number of hydrogen-bond acceptors (Lipinski definition) is 12. The lowest BCUT2D eigenvalue weighted by Crippen LogP contribution is -2.48. The summed E-state index contributed by atoms with van der Waals surface area (Å²) in [4.78, 5) is 60.3. The smallest absolute Gasteiger partial charge is 0.424 e. The van der Waals surface area contributed by atoms with E-state index in [0.29, 0.717) is 0 Å². The molecule has 0 unspecified atom stereocenters. The molecule has 3 amide bonds. The van der Waals surface area contributed by atoms with Gasteiger partial charge < -0.3 is 20.5 Å². The lowest BCUT2D eigenvalue weighted by Gasteiger charge is -2.25. The normalized spacial score (nSPS) is 12.0. The number of anilines is 1. The monoisotopic (exact) mass is 612 g/mol. The second-order valence-corrected chi connectivity index (χ2v) is 11.8. The Kier molecular flexibility index (Phi) is 10.5. The minimum atomic E-state index is -4.26. The number of sulfonamides is 1. The molecule has 41 heavy (non-hydrogen) atoms. The summed E-state index contributed by atoms with van der Waals surface area (Å²) >= 11 is 0.842. The second-order valence-electron chi connectivity index (χ2n) is 9.20. The van der Waals surface area contributed by atoms with Gasteiger partial charge in [0.15, 0.2) is 0 Å². The molecule has 0 fully saturated rings. The number of benzene rings is 1. The lowest BCUT2D eigenvalue weighted by atomic mass is 10.1. The first-order valence-corrected chi connectivity index (χ1v) is 14.0. The Bertz CT molecular complexity index is 1450. The zero-order valence-electron chi connectivity index (χ0n) is 22.3. The fourth-order valence-corrected chi connectivity index (χ4v) is 5.04. The zero-order valence-corrected chi connectivity index (χ0v) is 24.0. The number of carbonyl (C=O) groups excluding carboxylic acids is 4. The first-order chi connectivity index (χ1) is 19.0. The number of methoxy groups -OCH3 is 1. The third kappa shape index (κ3) is 8.97. The van der Waals surface area contributed by atoms with Gasteiger partial charge >= 0.3 is 12.1 Å². The van der Waals surface area contributed by atoms with Crippen molar-refractivity contribution in [2.24, 2.45) is 5.73 Å². The maximum atomic E-state index is 13.0. The Labute approximate surface area is 238 Å². The van der Waals surface area contributed by atoms with Crippen molar-refractivity contribution in [3.63, 3.8) is 0 Å². The lowest BCUT2D eigenvalue weighted by molar-refractivity contribution is -0.384. The van der Waals surface area contributed by atoms with Crippen molar-refractivity contribution in [3.8, 4) is 0 Å². The first-order valence-electron chi connectivity index (χ1n) is 11.6. The Balaban J connectivity index is 2.18. The van der Waals surface area contributed by atoms with Crippen LogP contribution in [-0.4, -0.2) is 66.8 Å². The molecule has 0 aliphatic carbocycles. The van der Waals surface area contributed by atoms with E-state index in [-0.39, 0.29) is 32.5 Å². The number of non-ortho nitro benzene ring substituents is 1. The number of imide groups is 1. The fraction of sp³-hybridized carbons (Fsp3) is 0.348. The molecule has 1 heterocycles. The van der Waals surface area contributed by atoms with Crippen LogP contribution >= 0.6 is 11.3 Å². The van der Waals surface area contributed by atoms with Crippen LogP contribution in [0.2, 0.25) is 0 Å². The Morgan fingerprint density at radius 1 is 1.17 bits per heavy atom. The van der Waals surface area contributed by atoms with Crippen molar-refractivity contribution in [3.05, 3.63) is 50.7 Å². The standard InChI is InChI=1S/C23H28N6O10S2/c1-23(2,3)39-22(33)28(21(24)25)17(30)10-9-16(20(32)38-4)26-19(31)18-15(11-12-40-18)27-41(36,37)14-7-5-13(6-8-14)29(34)35/h5-8,11-12,16,27H,9-10H2,1-4H3,(H3,24,25)(H,26,31)/t16-/m0/s1. The van der Waals surface area contributed by atoms with E-state index in [2.05, 4.69) is 14.8 Å². The number of nitrogens with one attached hydrogen (secondary N) is 3. The highest BCUT2D eigenvalue weighted by molar-refractivity contribution is 7.92. The van der Waals surface area contributed by atoms with Gasteiger partial charge in [0, 0.05) is 18.6 Å². The molecule has 18 heteroatoms. The number of guanidine groups is 1. The molecule has 0 spiro atoms. The molecule has 1 aromatic carbocycles. The molecule has 2 rings (SSSR count). The first kappa shape index (κ1) is 32.6. The Morgan fingerprint density at radius 3 is 2.29 bits per heavy atom. The number of nitro groups is 1. The van der Waals surface area contributed by atoms with Crippen molar-refractivity contribution in [1.29, 1.82) is 5.41 Å².